The van der Waals surface area contributed by atoms with Crippen molar-refractivity contribution in [2.24, 2.45) is 0 Å². The quantitative estimate of drug-likeness (QED) is 0.648. The maximum Gasteiger partial charge on any atom is 0.229 e. The number of aryl methyl sites for hydroxylation is 3. The van der Waals surface area contributed by atoms with Crippen LogP contribution in [0, 0.1) is 20.8 Å². The second-order valence-electron chi connectivity index (χ2n) is 6.35. The first-order valence-corrected chi connectivity index (χ1v) is 8.67. The van der Waals surface area contributed by atoms with Crippen LogP contribution in [0.5, 0.6) is 11.5 Å². The molecule has 3 rings (SSSR count). The van der Waals surface area contributed by atoms with Crippen molar-refractivity contribution in [1.29, 1.82) is 0 Å². The lowest BCUT2D eigenvalue weighted by atomic mass is 10.1. The van der Waals surface area contributed by atoms with Crippen molar-refractivity contribution in [3.63, 3.8) is 0 Å². The fourth-order valence-electron chi connectivity index (χ4n) is 2.80. The Morgan fingerprint density at radius 1 is 0.778 bits per heavy atom. The van der Waals surface area contributed by atoms with Gasteiger partial charge in [-0.15, -0.1) is 0 Å². The summed E-state index contributed by atoms with van der Waals surface area (Å²) in [7, 11) is 3.24. The number of ether oxygens (including phenoxy) is 2. The molecule has 6 heteroatoms. The van der Waals surface area contributed by atoms with E-state index in [2.05, 4.69) is 52.6 Å². The van der Waals surface area contributed by atoms with E-state index in [1.807, 2.05) is 31.2 Å². The molecule has 0 amide bonds. The van der Waals surface area contributed by atoms with Gasteiger partial charge in [0.25, 0.3) is 0 Å². The molecule has 0 saturated carbocycles. The molecule has 0 radical (unpaired) electrons. The Bertz CT molecular complexity index is 957. The van der Waals surface area contributed by atoms with Crippen molar-refractivity contribution in [1.82, 2.24) is 9.97 Å². The van der Waals surface area contributed by atoms with Gasteiger partial charge in [0.1, 0.15) is 17.3 Å². The summed E-state index contributed by atoms with van der Waals surface area (Å²) in [6.07, 6.45) is 0. The number of hydrogen-bond acceptors (Lipinski definition) is 6. The van der Waals surface area contributed by atoms with E-state index in [4.69, 9.17) is 9.47 Å². The van der Waals surface area contributed by atoms with Crippen LogP contribution in [0.25, 0.3) is 0 Å². The van der Waals surface area contributed by atoms with Gasteiger partial charge in [-0.25, -0.2) is 4.98 Å². The molecule has 0 unspecified atom stereocenters. The number of aromatic nitrogens is 2. The zero-order chi connectivity index (χ0) is 19.4. The van der Waals surface area contributed by atoms with Crippen molar-refractivity contribution in [3.05, 3.63) is 59.3 Å². The normalized spacial score (nSPS) is 10.4. The fraction of sp³-hybridized carbons (Fsp3) is 0.238. The third kappa shape index (κ3) is 4.47. The lowest BCUT2D eigenvalue weighted by Gasteiger charge is -2.14. The highest BCUT2D eigenvalue weighted by molar-refractivity contribution is 5.66. The molecule has 6 nitrogen and oxygen atoms in total. The van der Waals surface area contributed by atoms with Crippen LogP contribution in [-0.4, -0.2) is 24.2 Å². The second kappa shape index (κ2) is 7.95. The highest BCUT2D eigenvalue weighted by Gasteiger charge is 2.09. The average molecular weight is 364 g/mol. The third-order valence-electron chi connectivity index (χ3n) is 4.15. The largest absolute Gasteiger partial charge is 0.497 e. The summed E-state index contributed by atoms with van der Waals surface area (Å²) in [6.45, 7) is 6.09. The molecular weight excluding hydrogens is 340 g/mol. The van der Waals surface area contributed by atoms with Crippen molar-refractivity contribution in [2.45, 2.75) is 20.8 Å². The molecule has 1 aromatic heterocycles. The third-order valence-corrected chi connectivity index (χ3v) is 4.15. The summed E-state index contributed by atoms with van der Waals surface area (Å²) in [4.78, 5) is 9.06. The van der Waals surface area contributed by atoms with Crippen LogP contribution in [0.2, 0.25) is 0 Å². The predicted octanol–water partition coefficient (Wildman–Crippen LogP) is 4.91. The monoisotopic (exact) mass is 364 g/mol. The Hall–Kier alpha value is -3.28. The van der Waals surface area contributed by atoms with Gasteiger partial charge in [-0.1, -0.05) is 17.7 Å². The number of methoxy groups -OCH3 is 2. The average Bonchev–Trinajstić information content (AvgIpc) is 2.64. The molecule has 0 saturated heterocycles. The van der Waals surface area contributed by atoms with Crippen LogP contribution in [0.4, 0.5) is 23.1 Å². The van der Waals surface area contributed by atoms with Gasteiger partial charge >= 0.3 is 0 Å². The number of benzene rings is 2. The molecule has 0 aliphatic carbocycles. The lowest BCUT2D eigenvalue weighted by Crippen LogP contribution is -2.04. The van der Waals surface area contributed by atoms with Crippen LogP contribution < -0.4 is 20.1 Å². The minimum Gasteiger partial charge on any atom is -0.497 e. The van der Waals surface area contributed by atoms with Gasteiger partial charge < -0.3 is 20.1 Å². The molecule has 0 bridgehead atoms. The summed E-state index contributed by atoms with van der Waals surface area (Å²) < 4.78 is 10.7. The molecule has 0 atom stereocenters. The smallest absolute Gasteiger partial charge is 0.229 e. The summed E-state index contributed by atoms with van der Waals surface area (Å²) >= 11 is 0. The second-order valence-corrected chi connectivity index (χ2v) is 6.35. The summed E-state index contributed by atoms with van der Waals surface area (Å²) in [5, 5.41) is 6.59. The Labute approximate surface area is 159 Å². The van der Waals surface area contributed by atoms with E-state index >= 15 is 0 Å². The van der Waals surface area contributed by atoms with Crippen molar-refractivity contribution in [3.8, 4) is 11.5 Å². The van der Waals surface area contributed by atoms with Crippen molar-refractivity contribution >= 4 is 23.1 Å². The number of nitrogens with zero attached hydrogens (tertiary/aromatic N) is 2. The number of anilines is 4. The first-order valence-electron chi connectivity index (χ1n) is 8.67. The van der Waals surface area contributed by atoms with E-state index in [9.17, 15) is 0 Å². The minimum atomic E-state index is 0.491. The van der Waals surface area contributed by atoms with Crippen molar-refractivity contribution < 1.29 is 9.47 Å². The Morgan fingerprint density at radius 2 is 1.56 bits per heavy atom. The first kappa shape index (κ1) is 18.5. The maximum absolute atomic E-state index is 5.43. The highest BCUT2D eigenvalue weighted by atomic mass is 16.5. The summed E-state index contributed by atoms with van der Waals surface area (Å²) in [5.74, 6) is 2.60. The van der Waals surface area contributed by atoms with Crippen LogP contribution in [0.15, 0.2) is 42.5 Å². The Kier molecular flexibility index (Phi) is 5.45. The van der Waals surface area contributed by atoms with Gasteiger partial charge in [-0.2, -0.15) is 4.98 Å². The van der Waals surface area contributed by atoms with E-state index in [-0.39, 0.29) is 0 Å². The van der Waals surface area contributed by atoms with Crippen LogP contribution in [0.1, 0.15) is 16.8 Å². The lowest BCUT2D eigenvalue weighted by molar-refractivity contribution is 0.395. The van der Waals surface area contributed by atoms with E-state index in [1.54, 1.807) is 14.2 Å². The zero-order valence-electron chi connectivity index (χ0n) is 16.3. The number of hydrogen-bond donors (Lipinski definition) is 2. The predicted molar refractivity (Wildman–Crippen MR) is 109 cm³/mol. The minimum absolute atomic E-state index is 0.491. The standard InChI is InChI=1S/C21H24N4O2/c1-13-6-8-17(14(2)10-13)23-20-11-15(3)22-21(25-20)24-18-9-7-16(26-4)12-19(18)27-5/h6-12H,1-5H3,(H2,22,23,24,25). The Morgan fingerprint density at radius 3 is 2.26 bits per heavy atom. The van der Waals surface area contributed by atoms with E-state index in [0.29, 0.717) is 11.7 Å². The Balaban J connectivity index is 1.87. The molecule has 1 heterocycles. The number of nitrogens with one attached hydrogen (secondary N) is 2. The van der Waals surface area contributed by atoms with Gasteiger partial charge in [0, 0.05) is 23.5 Å². The zero-order valence-corrected chi connectivity index (χ0v) is 16.3. The molecule has 3 aromatic rings. The molecule has 2 aromatic carbocycles. The topological polar surface area (TPSA) is 68.3 Å². The molecule has 0 aliphatic rings. The molecule has 0 spiro atoms. The van der Waals surface area contributed by atoms with Crippen LogP contribution >= 0.6 is 0 Å². The molecule has 27 heavy (non-hydrogen) atoms. The van der Waals surface area contributed by atoms with Gasteiger partial charge in [-0.05, 0) is 44.5 Å². The summed E-state index contributed by atoms with van der Waals surface area (Å²) in [6, 6.07) is 13.7. The highest BCUT2D eigenvalue weighted by Crippen LogP contribution is 2.31. The summed E-state index contributed by atoms with van der Waals surface area (Å²) in [5.41, 5.74) is 5.03. The molecular formula is C21H24N4O2. The van der Waals surface area contributed by atoms with E-state index < -0.39 is 0 Å². The molecule has 2 N–H and O–H groups in total. The van der Waals surface area contributed by atoms with Gasteiger partial charge in [0.2, 0.25) is 5.95 Å². The van der Waals surface area contributed by atoms with Crippen LogP contribution in [0.3, 0.4) is 0 Å². The van der Waals surface area contributed by atoms with Gasteiger partial charge in [-0.3, -0.25) is 0 Å². The molecule has 0 fully saturated rings. The van der Waals surface area contributed by atoms with E-state index in [1.165, 1.54) is 5.56 Å². The van der Waals surface area contributed by atoms with E-state index in [0.717, 1.165) is 34.2 Å². The van der Waals surface area contributed by atoms with Gasteiger partial charge in [0.05, 0.1) is 19.9 Å². The SMILES string of the molecule is COc1ccc(Nc2nc(C)cc(Nc3ccc(C)cc3C)n2)c(OC)c1. The first-order chi connectivity index (χ1) is 13.0. The molecule has 140 valence electrons. The maximum atomic E-state index is 5.43. The van der Waals surface area contributed by atoms with Crippen LogP contribution in [-0.2, 0) is 0 Å². The van der Waals surface area contributed by atoms with Crippen molar-refractivity contribution in [2.75, 3.05) is 24.9 Å². The number of rotatable bonds is 6. The van der Waals surface area contributed by atoms with Gasteiger partial charge in [0.15, 0.2) is 0 Å². The fourth-order valence-corrected chi connectivity index (χ4v) is 2.80. The molecule has 0 aliphatic heterocycles.